The number of anilines is 1. The first-order chi connectivity index (χ1) is 8.17. The Balaban J connectivity index is 2.23. The van der Waals surface area contributed by atoms with E-state index in [1.807, 2.05) is 19.1 Å². The van der Waals surface area contributed by atoms with Crippen molar-refractivity contribution in [1.82, 2.24) is 15.0 Å². The molecule has 0 amide bonds. The highest BCUT2D eigenvalue weighted by atomic mass is 79.9. The molecule has 3 N–H and O–H groups in total. The smallest absolute Gasteiger partial charge is 0.144 e. The topological polar surface area (TPSA) is 76.7 Å². The Hall–Kier alpha value is -1.18. The van der Waals surface area contributed by atoms with Gasteiger partial charge in [0.25, 0.3) is 0 Å². The number of nitrogen functional groups attached to an aromatic ring is 1. The van der Waals surface area contributed by atoms with E-state index >= 15 is 0 Å². The van der Waals surface area contributed by atoms with Crippen LogP contribution in [0.2, 0.25) is 0 Å². The van der Waals surface area contributed by atoms with E-state index in [-0.39, 0.29) is 0 Å². The first kappa shape index (κ1) is 12.3. The van der Waals surface area contributed by atoms with Crippen molar-refractivity contribution in [2.45, 2.75) is 17.0 Å². The molecular formula is C10H10BrN5S. The van der Waals surface area contributed by atoms with Crippen LogP contribution in [0, 0.1) is 6.92 Å². The van der Waals surface area contributed by atoms with Crippen LogP contribution >= 0.6 is 27.7 Å². The summed E-state index contributed by atoms with van der Waals surface area (Å²) in [6.45, 7) is 1.82. The fourth-order valence-electron chi connectivity index (χ4n) is 1.20. The van der Waals surface area contributed by atoms with Crippen LogP contribution in [0.15, 0.2) is 38.9 Å². The van der Waals surface area contributed by atoms with Crippen molar-refractivity contribution in [2.75, 3.05) is 5.43 Å². The first-order valence-corrected chi connectivity index (χ1v) is 6.40. The summed E-state index contributed by atoms with van der Waals surface area (Å²) in [6, 6.07) is 5.63. The molecule has 0 bridgehead atoms. The summed E-state index contributed by atoms with van der Waals surface area (Å²) in [7, 11) is 0. The fourth-order valence-corrected chi connectivity index (χ4v) is 2.23. The zero-order valence-corrected chi connectivity index (χ0v) is 11.4. The maximum absolute atomic E-state index is 5.33. The molecular weight excluding hydrogens is 302 g/mol. The van der Waals surface area contributed by atoms with Gasteiger partial charge < -0.3 is 5.43 Å². The fraction of sp³-hybridized carbons (Fsp3) is 0.100. The molecule has 2 aromatic rings. The lowest BCUT2D eigenvalue weighted by atomic mass is 10.5. The van der Waals surface area contributed by atoms with Gasteiger partial charge in [-0.1, -0.05) is 0 Å². The van der Waals surface area contributed by atoms with E-state index < -0.39 is 0 Å². The number of halogens is 1. The van der Waals surface area contributed by atoms with Gasteiger partial charge in [0.15, 0.2) is 0 Å². The van der Waals surface area contributed by atoms with E-state index in [4.69, 9.17) is 5.84 Å². The molecule has 0 spiro atoms. The largest absolute Gasteiger partial charge is 0.308 e. The van der Waals surface area contributed by atoms with Crippen molar-refractivity contribution in [3.8, 4) is 0 Å². The maximum atomic E-state index is 5.33. The number of pyridine rings is 1. The predicted octanol–water partition coefficient (Wildman–Crippen LogP) is 2.38. The van der Waals surface area contributed by atoms with E-state index in [2.05, 4.69) is 36.3 Å². The van der Waals surface area contributed by atoms with Gasteiger partial charge in [0.05, 0.1) is 0 Å². The molecule has 0 fully saturated rings. The number of aryl methyl sites for hydroxylation is 1. The highest BCUT2D eigenvalue weighted by Gasteiger charge is 2.04. The van der Waals surface area contributed by atoms with Gasteiger partial charge in [-0.3, -0.25) is 0 Å². The van der Waals surface area contributed by atoms with E-state index in [1.165, 1.54) is 11.8 Å². The van der Waals surface area contributed by atoms with Gasteiger partial charge in [-0.05, 0) is 46.7 Å². The van der Waals surface area contributed by atoms with Crippen LogP contribution in [-0.2, 0) is 0 Å². The highest BCUT2D eigenvalue weighted by Crippen LogP contribution is 2.26. The van der Waals surface area contributed by atoms with Gasteiger partial charge in [-0.15, -0.1) is 0 Å². The Bertz CT molecular complexity index is 517. The van der Waals surface area contributed by atoms with Gasteiger partial charge in [-0.2, -0.15) is 0 Å². The van der Waals surface area contributed by atoms with E-state index in [1.54, 1.807) is 12.3 Å². The molecule has 0 saturated heterocycles. The quantitative estimate of drug-likeness (QED) is 0.515. The molecule has 0 unspecified atom stereocenters. The standard InChI is InChI=1S/C10H10BrN5S/c1-6-14-8(16-12)4-10(15-6)17-9-3-2-7(11)5-13-9/h2-5H,12H2,1H3,(H,14,15,16). The lowest BCUT2D eigenvalue weighted by Crippen LogP contribution is -2.09. The molecule has 0 atom stereocenters. The summed E-state index contributed by atoms with van der Waals surface area (Å²) in [5.74, 6) is 6.59. The molecule has 0 aliphatic carbocycles. The second-order valence-corrected chi connectivity index (χ2v) is 5.16. The van der Waals surface area contributed by atoms with Crippen molar-refractivity contribution in [2.24, 2.45) is 5.84 Å². The number of hydrogen-bond donors (Lipinski definition) is 2. The van der Waals surface area contributed by atoms with Crippen molar-refractivity contribution >= 4 is 33.5 Å². The number of nitrogens with one attached hydrogen (secondary N) is 1. The number of hydrazine groups is 1. The van der Waals surface area contributed by atoms with Crippen LogP contribution in [0.25, 0.3) is 0 Å². The van der Waals surface area contributed by atoms with Crippen LogP contribution in [0.3, 0.4) is 0 Å². The molecule has 88 valence electrons. The second-order valence-electron chi connectivity index (χ2n) is 3.20. The van der Waals surface area contributed by atoms with Crippen LogP contribution in [0.1, 0.15) is 5.82 Å². The van der Waals surface area contributed by atoms with E-state index in [0.717, 1.165) is 14.5 Å². The van der Waals surface area contributed by atoms with Crippen molar-refractivity contribution in [1.29, 1.82) is 0 Å². The average Bonchev–Trinajstić information content (AvgIpc) is 2.31. The predicted molar refractivity (Wildman–Crippen MR) is 70.6 cm³/mol. The number of aromatic nitrogens is 3. The molecule has 0 aliphatic heterocycles. The number of hydrogen-bond acceptors (Lipinski definition) is 6. The molecule has 7 heteroatoms. The minimum absolute atomic E-state index is 0.595. The lowest BCUT2D eigenvalue weighted by Gasteiger charge is -2.04. The highest BCUT2D eigenvalue weighted by molar-refractivity contribution is 9.10. The molecule has 0 aromatic carbocycles. The van der Waals surface area contributed by atoms with Crippen LogP contribution in [0.5, 0.6) is 0 Å². The van der Waals surface area contributed by atoms with Gasteiger partial charge >= 0.3 is 0 Å². The molecule has 0 saturated carbocycles. The molecule has 0 aliphatic rings. The molecule has 5 nitrogen and oxygen atoms in total. The van der Waals surface area contributed by atoms with Crippen LogP contribution < -0.4 is 11.3 Å². The number of rotatable bonds is 3. The summed E-state index contributed by atoms with van der Waals surface area (Å²) in [5, 5.41) is 1.68. The Morgan fingerprint density at radius 1 is 1.29 bits per heavy atom. The maximum Gasteiger partial charge on any atom is 0.144 e. The summed E-state index contributed by atoms with van der Waals surface area (Å²) in [4.78, 5) is 12.7. The normalized spacial score (nSPS) is 10.3. The van der Waals surface area contributed by atoms with Crippen molar-refractivity contribution < 1.29 is 0 Å². The third-order valence-electron chi connectivity index (χ3n) is 1.87. The Morgan fingerprint density at radius 2 is 2.12 bits per heavy atom. The van der Waals surface area contributed by atoms with E-state index in [0.29, 0.717) is 11.6 Å². The third-order valence-corrected chi connectivity index (χ3v) is 3.21. The molecule has 2 aromatic heterocycles. The first-order valence-electron chi connectivity index (χ1n) is 4.79. The van der Waals surface area contributed by atoms with Crippen LogP contribution in [-0.4, -0.2) is 15.0 Å². The third kappa shape index (κ3) is 3.39. The molecule has 2 heterocycles. The Kier molecular flexibility index (Phi) is 3.93. The average molecular weight is 312 g/mol. The minimum atomic E-state index is 0.595. The van der Waals surface area contributed by atoms with Gasteiger partial charge in [0.1, 0.15) is 21.7 Å². The molecule has 0 radical (unpaired) electrons. The van der Waals surface area contributed by atoms with E-state index in [9.17, 15) is 0 Å². The monoisotopic (exact) mass is 311 g/mol. The SMILES string of the molecule is Cc1nc(NN)cc(Sc2ccc(Br)cn2)n1. The van der Waals surface area contributed by atoms with Crippen molar-refractivity contribution in [3.05, 3.63) is 34.7 Å². The Morgan fingerprint density at radius 3 is 2.76 bits per heavy atom. The lowest BCUT2D eigenvalue weighted by molar-refractivity contribution is 0.960. The summed E-state index contributed by atoms with van der Waals surface area (Å²) in [6.07, 6.45) is 1.75. The zero-order chi connectivity index (χ0) is 12.3. The second kappa shape index (κ2) is 5.44. The summed E-state index contributed by atoms with van der Waals surface area (Å²) >= 11 is 4.80. The Labute approximate surface area is 111 Å². The number of nitrogens with two attached hydrogens (primary N) is 1. The van der Waals surface area contributed by atoms with Gasteiger partial charge in [-0.25, -0.2) is 20.8 Å². The van der Waals surface area contributed by atoms with Crippen LogP contribution in [0.4, 0.5) is 5.82 Å². The minimum Gasteiger partial charge on any atom is -0.308 e. The molecule has 2 rings (SSSR count). The molecule has 17 heavy (non-hydrogen) atoms. The summed E-state index contributed by atoms with van der Waals surface area (Å²) in [5.41, 5.74) is 2.51. The zero-order valence-electron chi connectivity index (χ0n) is 9.01. The number of nitrogens with zero attached hydrogens (tertiary/aromatic N) is 3. The van der Waals surface area contributed by atoms with Gasteiger partial charge in [0, 0.05) is 16.7 Å². The van der Waals surface area contributed by atoms with Crippen molar-refractivity contribution in [3.63, 3.8) is 0 Å². The van der Waals surface area contributed by atoms with Gasteiger partial charge in [0.2, 0.25) is 0 Å². The summed E-state index contributed by atoms with van der Waals surface area (Å²) < 4.78 is 0.949.